The highest BCUT2D eigenvalue weighted by molar-refractivity contribution is 14.0. The fourth-order valence-electron chi connectivity index (χ4n) is 4.02. The molecule has 31 heavy (non-hydrogen) atoms. The van der Waals surface area contributed by atoms with Crippen molar-refractivity contribution in [2.24, 2.45) is 10.9 Å². The normalized spacial score (nSPS) is 21.2. The Morgan fingerprint density at radius 3 is 2.65 bits per heavy atom. The average molecular weight is 575 g/mol. The van der Waals surface area contributed by atoms with Crippen molar-refractivity contribution in [1.82, 2.24) is 20.5 Å². The number of nitrogens with one attached hydrogen (secondary N) is 2. The van der Waals surface area contributed by atoms with Crippen molar-refractivity contribution in [2.45, 2.75) is 38.4 Å². The van der Waals surface area contributed by atoms with E-state index in [2.05, 4.69) is 32.4 Å². The largest absolute Gasteiger partial charge is 0.417 e. The lowest BCUT2D eigenvalue weighted by Gasteiger charge is -2.23. The molecule has 3 heterocycles. The molecule has 0 bridgehead atoms. The van der Waals surface area contributed by atoms with Gasteiger partial charge in [0, 0.05) is 45.5 Å². The Bertz CT molecular complexity index is 742. The summed E-state index contributed by atoms with van der Waals surface area (Å²) in [5.41, 5.74) is -0.835. The first kappa shape index (κ1) is 26.2. The molecule has 0 aromatic carbocycles. The van der Waals surface area contributed by atoms with Gasteiger partial charge in [0.15, 0.2) is 5.96 Å². The van der Waals surface area contributed by atoms with Crippen LogP contribution in [0.15, 0.2) is 17.3 Å². The first-order valence-electron chi connectivity index (χ1n) is 10.4. The number of halogens is 5. The van der Waals surface area contributed by atoms with Crippen LogP contribution in [0.3, 0.4) is 0 Å². The number of pyridine rings is 1. The van der Waals surface area contributed by atoms with Crippen LogP contribution in [0, 0.1) is 5.92 Å². The summed E-state index contributed by atoms with van der Waals surface area (Å²) in [6, 6.07) is 1.05. The van der Waals surface area contributed by atoms with Crippen LogP contribution in [0.5, 0.6) is 0 Å². The minimum absolute atomic E-state index is 0. The van der Waals surface area contributed by atoms with Gasteiger partial charge in [0.1, 0.15) is 5.82 Å². The Morgan fingerprint density at radius 2 is 2.03 bits per heavy atom. The van der Waals surface area contributed by atoms with Crippen LogP contribution in [0.2, 0.25) is 5.02 Å². The van der Waals surface area contributed by atoms with E-state index < -0.39 is 11.7 Å². The number of rotatable bonds is 6. The molecule has 176 valence electrons. The van der Waals surface area contributed by atoms with E-state index in [1.54, 1.807) is 7.05 Å². The zero-order chi connectivity index (χ0) is 21.7. The molecule has 0 aliphatic carbocycles. The Labute approximate surface area is 204 Å². The van der Waals surface area contributed by atoms with Crippen LogP contribution < -0.4 is 15.5 Å². The van der Waals surface area contributed by atoms with Crippen molar-refractivity contribution in [3.05, 3.63) is 22.8 Å². The number of nitrogens with zero attached hydrogens (tertiary/aromatic N) is 4. The highest BCUT2D eigenvalue weighted by Gasteiger charge is 2.33. The SMILES string of the molecule is CN=C(NCC(C)CN1CCCC1)NC1CCN(c2ncc(C(F)(F)F)cc2Cl)C1.I. The van der Waals surface area contributed by atoms with Gasteiger partial charge in [0.25, 0.3) is 0 Å². The van der Waals surface area contributed by atoms with Gasteiger partial charge in [-0.2, -0.15) is 13.2 Å². The lowest BCUT2D eigenvalue weighted by Crippen LogP contribution is -2.46. The molecule has 1 aromatic heterocycles. The van der Waals surface area contributed by atoms with E-state index in [9.17, 15) is 13.2 Å². The highest BCUT2D eigenvalue weighted by Crippen LogP contribution is 2.34. The van der Waals surface area contributed by atoms with Crippen LogP contribution in [-0.4, -0.2) is 68.2 Å². The summed E-state index contributed by atoms with van der Waals surface area (Å²) in [6.45, 7) is 7.79. The maximum Gasteiger partial charge on any atom is 0.417 e. The first-order valence-corrected chi connectivity index (χ1v) is 10.8. The number of aromatic nitrogens is 1. The molecule has 11 heteroatoms. The third-order valence-corrected chi connectivity index (χ3v) is 5.87. The van der Waals surface area contributed by atoms with E-state index in [1.165, 1.54) is 25.9 Å². The molecule has 2 N–H and O–H groups in total. The Balaban J connectivity index is 0.00000341. The molecular weight excluding hydrogens is 544 g/mol. The lowest BCUT2D eigenvalue weighted by atomic mass is 10.1. The molecule has 2 fully saturated rings. The predicted molar refractivity (Wildman–Crippen MR) is 130 cm³/mol. The van der Waals surface area contributed by atoms with Crippen LogP contribution in [0.1, 0.15) is 31.7 Å². The van der Waals surface area contributed by atoms with E-state index in [4.69, 9.17) is 11.6 Å². The number of guanidine groups is 1. The number of likely N-dealkylation sites (tertiary alicyclic amines) is 1. The molecule has 0 amide bonds. The Morgan fingerprint density at radius 1 is 1.32 bits per heavy atom. The maximum absolute atomic E-state index is 12.8. The number of aliphatic imine (C=N–C) groups is 1. The van der Waals surface area contributed by atoms with Gasteiger partial charge in [-0.25, -0.2) is 4.98 Å². The van der Waals surface area contributed by atoms with Gasteiger partial charge >= 0.3 is 6.18 Å². The van der Waals surface area contributed by atoms with Crippen molar-refractivity contribution >= 4 is 47.4 Å². The van der Waals surface area contributed by atoms with E-state index in [1.807, 2.05) is 4.90 Å². The van der Waals surface area contributed by atoms with Gasteiger partial charge in [-0.3, -0.25) is 4.99 Å². The molecule has 0 radical (unpaired) electrons. The van der Waals surface area contributed by atoms with Crippen molar-refractivity contribution in [2.75, 3.05) is 51.2 Å². The fraction of sp³-hybridized carbons (Fsp3) is 0.700. The molecule has 2 saturated heterocycles. The minimum atomic E-state index is -4.45. The second-order valence-corrected chi connectivity index (χ2v) is 8.58. The Hall–Kier alpha value is -1.01. The van der Waals surface area contributed by atoms with Gasteiger partial charge in [-0.1, -0.05) is 18.5 Å². The number of anilines is 1. The van der Waals surface area contributed by atoms with E-state index in [0.717, 1.165) is 37.7 Å². The fourth-order valence-corrected chi connectivity index (χ4v) is 4.30. The lowest BCUT2D eigenvalue weighted by molar-refractivity contribution is -0.137. The number of hydrogen-bond donors (Lipinski definition) is 2. The maximum atomic E-state index is 12.8. The van der Waals surface area contributed by atoms with Crippen molar-refractivity contribution in [1.29, 1.82) is 0 Å². The third-order valence-electron chi connectivity index (χ3n) is 5.59. The van der Waals surface area contributed by atoms with E-state index in [0.29, 0.717) is 24.8 Å². The Kier molecular flexibility index (Phi) is 9.94. The average Bonchev–Trinajstić information content (AvgIpc) is 3.36. The first-order chi connectivity index (χ1) is 14.3. The van der Waals surface area contributed by atoms with Crippen molar-refractivity contribution < 1.29 is 13.2 Å². The van der Waals surface area contributed by atoms with Gasteiger partial charge in [0.05, 0.1) is 10.6 Å². The van der Waals surface area contributed by atoms with E-state index >= 15 is 0 Å². The highest BCUT2D eigenvalue weighted by atomic mass is 127. The van der Waals surface area contributed by atoms with E-state index in [-0.39, 0.29) is 35.0 Å². The number of alkyl halides is 3. The van der Waals surface area contributed by atoms with Crippen molar-refractivity contribution in [3.8, 4) is 0 Å². The molecule has 3 rings (SSSR count). The van der Waals surface area contributed by atoms with Crippen LogP contribution in [0.25, 0.3) is 0 Å². The molecule has 0 spiro atoms. The summed E-state index contributed by atoms with van der Waals surface area (Å²) in [6.07, 6.45) is -0.208. The summed E-state index contributed by atoms with van der Waals surface area (Å²) in [5.74, 6) is 1.63. The van der Waals surface area contributed by atoms with Crippen LogP contribution >= 0.6 is 35.6 Å². The van der Waals surface area contributed by atoms with Crippen molar-refractivity contribution in [3.63, 3.8) is 0 Å². The molecule has 0 saturated carbocycles. The molecule has 6 nitrogen and oxygen atoms in total. The molecular formula is C20H31ClF3IN6. The monoisotopic (exact) mass is 574 g/mol. The summed E-state index contributed by atoms with van der Waals surface area (Å²) < 4.78 is 38.5. The second kappa shape index (κ2) is 11.7. The van der Waals surface area contributed by atoms with Crippen LogP contribution in [-0.2, 0) is 6.18 Å². The van der Waals surface area contributed by atoms with Gasteiger partial charge < -0.3 is 20.4 Å². The second-order valence-electron chi connectivity index (χ2n) is 8.17. The summed E-state index contributed by atoms with van der Waals surface area (Å²) in [4.78, 5) is 12.7. The molecule has 2 unspecified atom stereocenters. The van der Waals surface area contributed by atoms with Gasteiger partial charge in [-0.05, 0) is 44.3 Å². The summed E-state index contributed by atoms with van der Waals surface area (Å²) in [5, 5.41) is 6.81. The summed E-state index contributed by atoms with van der Waals surface area (Å²) in [7, 11) is 1.74. The predicted octanol–water partition coefficient (Wildman–Crippen LogP) is 3.85. The van der Waals surface area contributed by atoms with Gasteiger partial charge in [0.2, 0.25) is 0 Å². The quantitative estimate of drug-likeness (QED) is 0.307. The topological polar surface area (TPSA) is 55.8 Å². The number of hydrogen-bond acceptors (Lipinski definition) is 4. The summed E-state index contributed by atoms with van der Waals surface area (Å²) >= 11 is 6.09. The molecule has 2 atom stereocenters. The van der Waals surface area contributed by atoms with Crippen LogP contribution in [0.4, 0.5) is 19.0 Å². The molecule has 2 aliphatic rings. The molecule has 1 aromatic rings. The van der Waals surface area contributed by atoms with Gasteiger partial charge in [-0.15, -0.1) is 24.0 Å². The molecule has 2 aliphatic heterocycles. The smallest absolute Gasteiger partial charge is 0.356 e. The zero-order valence-electron chi connectivity index (χ0n) is 17.9. The third kappa shape index (κ3) is 7.52. The standard InChI is InChI=1S/C20H30ClF3N6.HI/c1-14(12-29-6-3-4-7-29)10-27-19(25-2)28-16-5-8-30(13-16)18-17(21)9-15(11-26-18)20(22,23)24;/h9,11,14,16H,3-8,10,12-13H2,1-2H3,(H2,25,27,28);1H. The minimum Gasteiger partial charge on any atom is -0.356 e. The zero-order valence-corrected chi connectivity index (χ0v) is 21.0.